The minimum Gasteiger partial charge on any atom is -0.338 e. The predicted octanol–water partition coefficient (Wildman–Crippen LogP) is 4.23. The maximum absolute atomic E-state index is 12.3. The number of carbonyl (C=O) groups excluding carboxylic acids is 2. The largest absolute Gasteiger partial charge is 0.471 e. The summed E-state index contributed by atoms with van der Waals surface area (Å²) >= 11 is 0. The van der Waals surface area contributed by atoms with Gasteiger partial charge in [-0.3, -0.25) is 9.59 Å². The molecule has 0 fully saturated rings. The highest BCUT2D eigenvalue weighted by molar-refractivity contribution is 5.97. The highest BCUT2D eigenvalue weighted by atomic mass is 19.4. The molecule has 2 amide bonds. The van der Waals surface area contributed by atoms with Crippen molar-refractivity contribution >= 4 is 34.2 Å². The van der Waals surface area contributed by atoms with Gasteiger partial charge < -0.3 is 15.6 Å². The average Bonchev–Trinajstić information content (AvgIpc) is 3.04. The van der Waals surface area contributed by atoms with E-state index in [0.29, 0.717) is 16.6 Å². The summed E-state index contributed by atoms with van der Waals surface area (Å²) in [4.78, 5) is 29.0. The molecule has 0 saturated heterocycles. The molecule has 0 saturated carbocycles. The van der Waals surface area contributed by atoms with Crippen LogP contribution in [0.3, 0.4) is 0 Å². The van der Waals surface area contributed by atoms with Crippen LogP contribution in [0.5, 0.6) is 0 Å². The van der Waals surface area contributed by atoms with E-state index in [0.717, 1.165) is 0 Å². The standard InChI is InChI=1S/C17H10F6N4O2/c18-16(19,20)14(28)24-9-3-1-8(2-4-9)13-26-11-6-5-10(7-12(11)27-13)25-15(29)17(21,22)23/h1-7H,(H,24,28)(H,25,29)(H,26,27). The Morgan fingerprint density at radius 2 is 1.31 bits per heavy atom. The molecule has 29 heavy (non-hydrogen) atoms. The van der Waals surface area contributed by atoms with Gasteiger partial charge in [0.15, 0.2) is 0 Å². The molecule has 0 unspecified atom stereocenters. The molecule has 152 valence electrons. The van der Waals surface area contributed by atoms with Gasteiger partial charge in [-0.2, -0.15) is 26.3 Å². The first-order chi connectivity index (χ1) is 13.4. The number of imidazole rings is 1. The molecule has 0 aliphatic rings. The van der Waals surface area contributed by atoms with Crippen molar-refractivity contribution in [3.05, 3.63) is 42.5 Å². The third kappa shape index (κ3) is 4.65. The lowest BCUT2D eigenvalue weighted by Gasteiger charge is -2.08. The van der Waals surface area contributed by atoms with Crippen molar-refractivity contribution in [1.82, 2.24) is 9.97 Å². The van der Waals surface area contributed by atoms with Crippen LogP contribution in [-0.4, -0.2) is 34.1 Å². The van der Waals surface area contributed by atoms with Crippen molar-refractivity contribution in [3.8, 4) is 11.4 Å². The Morgan fingerprint density at radius 3 is 1.86 bits per heavy atom. The number of nitrogens with zero attached hydrogens (tertiary/aromatic N) is 1. The van der Waals surface area contributed by atoms with Gasteiger partial charge in [0, 0.05) is 16.9 Å². The topological polar surface area (TPSA) is 86.9 Å². The number of amides is 2. The van der Waals surface area contributed by atoms with Crippen LogP contribution in [0.1, 0.15) is 0 Å². The van der Waals surface area contributed by atoms with E-state index in [-0.39, 0.29) is 17.2 Å². The summed E-state index contributed by atoms with van der Waals surface area (Å²) in [5.41, 5.74) is 0.991. The van der Waals surface area contributed by atoms with E-state index in [1.807, 2.05) is 0 Å². The second kappa shape index (κ2) is 7.11. The molecule has 0 spiro atoms. The molecular weight excluding hydrogens is 406 g/mol. The Balaban J connectivity index is 1.80. The number of alkyl halides is 6. The van der Waals surface area contributed by atoms with Gasteiger partial charge in [-0.15, -0.1) is 0 Å². The Hall–Kier alpha value is -3.57. The monoisotopic (exact) mass is 416 g/mol. The van der Waals surface area contributed by atoms with Crippen molar-refractivity contribution < 1.29 is 35.9 Å². The zero-order valence-corrected chi connectivity index (χ0v) is 14.1. The van der Waals surface area contributed by atoms with Crippen LogP contribution in [0.2, 0.25) is 0 Å². The Kier molecular flexibility index (Phi) is 4.95. The molecule has 0 aliphatic heterocycles. The first-order valence-corrected chi connectivity index (χ1v) is 7.80. The van der Waals surface area contributed by atoms with Gasteiger partial charge in [-0.25, -0.2) is 4.98 Å². The second-order valence-electron chi connectivity index (χ2n) is 5.80. The fourth-order valence-corrected chi connectivity index (χ4v) is 2.34. The van der Waals surface area contributed by atoms with Gasteiger partial charge in [-0.1, -0.05) is 0 Å². The van der Waals surface area contributed by atoms with Crippen LogP contribution in [0, 0.1) is 0 Å². The molecule has 3 aromatic rings. The number of rotatable bonds is 3. The molecule has 12 heteroatoms. The number of H-pyrrole nitrogens is 1. The zero-order valence-electron chi connectivity index (χ0n) is 14.1. The van der Waals surface area contributed by atoms with Gasteiger partial charge in [0.25, 0.3) is 0 Å². The summed E-state index contributed by atoms with van der Waals surface area (Å²) in [7, 11) is 0. The van der Waals surface area contributed by atoms with Crippen molar-refractivity contribution in [2.45, 2.75) is 12.4 Å². The summed E-state index contributed by atoms with van der Waals surface area (Å²) in [6.07, 6.45) is -10.0. The van der Waals surface area contributed by atoms with E-state index in [1.54, 1.807) is 10.6 Å². The third-order valence-electron chi connectivity index (χ3n) is 3.67. The van der Waals surface area contributed by atoms with Crippen LogP contribution in [0.4, 0.5) is 37.7 Å². The summed E-state index contributed by atoms with van der Waals surface area (Å²) in [6.45, 7) is 0. The smallest absolute Gasteiger partial charge is 0.338 e. The number of fused-ring (bicyclic) bond motifs is 1. The predicted molar refractivity (Wildman–Crippen MR) is 90.9 cm³/mol. The highest BCUT2D eigenvalue weighted by Crippen LogP contribution is 2.26. The Bertz CT molecular complexity index is 1070. The van der Waals surface area contributed by atoms with Crippen LogP contribution in [0.25, 0.3) is 22.4 Å². The normalized spacial score (nSPS) is 12.1. The summed E-state index contributed by atoms with van der Waals surface area (Å²) in [6, 6.07) is 9.16. The molecule has 0 bridgehead atoms. The molecule has 0 atom stereocenters. The number of benzene rings is 2. The molecule has 1 aromatic heterocycles. The quantitative estimate of drug-likeness (QED) is 0.559. The second-order valence-corrected chi connectivity index (χ2v) is 5.80. The minimum atomic E-state index is -5.03. The van der Waals surface area contributed by atoms with E-state index >= 15 is 0 Å². The third-order valence-corrected chi connectivity index (χ3v) is 3.67. The molecular formula is C17H10F6N4O2. The average molecular weight is 416 g/mol. The van der Waals surface area contributed by atoms with Crippen LogP contribution in [-0.2, 0) is 9.59 Å². The Labute approximate surface area is 157 Å². The number of nitrogens with one attached hydrogen (secondary N) is 3. The maximum atomic E-state index is 12.3. The molecule has 0 radical (unpaired) electrons. The number of anilines is 2. The summed E-state index contributed by atoms with van der Waals surface area (Å²) < 4.78 is 73.8. The van der Waals surface area contributed by atoms with Crippen LogP contribution < -0.4 is 10.6 Å². The van der Waals surface area contributed by atoms with E-state index in [1.165, 1.54) is 42.5 Å². The van der Waals surface area contributed by atoms with Gasteiger partial charge >= 0.3 is 24.2 Å². The molecule has 2 aromatic carbocycles. The van der Waals surface area contributed by atoms with E-state index < -0.39 is 24.2 Å². The van der Waals surface area contributed by atoms with Gasteiger partial charge in [0.05, 0.1) is 11.0 Å². The first kappa shape index (κ1) is 20.2. The fourth-order valence-electron chi connectivity index (χ4n) is 2.34. The summed E-state index contributed by atoms with van der Waals surface area (Å²) in [5, 5.41) is 3.42. The van der Waals surface area contributed by atoms with Gasteiger partial charge in [0.1, 0.15) is 5.82 Å². The van der Waals surface area contributed by atoms with Crippen molar-refractivity contribution in [1.29, 1.82) is 0 Å². The SMILES string of the molecule is O=C(Nc1ccc(-c2nc3ccc(NC(=O)C(F)(F)F)cc3[nH]2)cc1)C(F)(F)F. The number of hydrogen-bond donors (Lipinski definition) is 3. The van der Waals surface area contributed by atoms with E-state index in [4.69, 9.17) is 0 Å². The van der Waals surface area contributed by atoms with E-state index in [2.05, 4.69) is 9.97 Å². The lowest BCUT2D eigenvalue weighted by atomic mass is 10.2. The Morgan fingerprint density at radius 1 is 0.793 bits per heavy atom. The first-order valence-electron chi connectivity index (χ1n) is 7.80. The number of carbonyl (C=O) groups is 2. The minimum absolute atomic E-state index is 0.0793. The van der Waals surface area contributed by atoms with Crippen LogP contribution in [0.15, 0.2) is 42.5 Å². The molecule has 6 nitrogen and oxygen atoms in total. The van der Waals surface area contributed by atoms with Crippen molar-refractivity contribution in [2.75, 3.05) is 10.6 Å². The fraction of sp³-hybridized carbons (Fsp3) is 0.118. The lowest BCUT2D eigenvalue weighted by molar-refractivity contribution is -0.167. The maximum Gasteiger partial charge on any atom is 0.471 e. The van der Waals surface area contributed by atoms with Crippen molar-refractivity contribution in [2.24, 2.45) is 0 Å². The van der Waals surface area contributed by atoms with Gasteiger partial charge in [0.2, 0.25) is 0 Å². The lowest BCUT2D eigenvalue weighted by Crippen LogP contribution is -2.29. The molecule has 3 rings (SSSR count). The number of aromatic nitrogens is 2. The number of hydrogen-bond acceptors (Lipinski definition) is 3. The van der Waals surface area contributed by atoms with E-state index in [9.17, 15) is 35.9 Å². The van der Waals surface area contributed by atoms with Crippen LogP contribution >= 0.6 is 0 Å². The summed E-state index contributed by atoms with van der Waals surface area (Å²) in [5.74, 6) is -3.94. The molecule has 3 N–H and O–H groups in total. The highest BCUT2D eigenvalue weighted by Gasteiger charge is 2.39. The molecule has 1 heterocycles. The number of halogens is 6. The molecule has 0 aliphatic carbocycles. The van der Waals surface area contributed by atoms with Crippen molar-refractivity contribution in [3.63, 3.8) is 0 Å². The van der Waals surface area contributed by atoms with Gasteiger partial charge in [-0.05, 0) is 42.5 Å². The number of aromatic amines is 1. The zero-order chi connectivity index (χ0) is 21.4.